The van der Waals surface area contributed by atoms with Crippen LogP contribution in [0.1, 0.15) is 9.88 Å². The summed E-state index contributed by atoms with van der Waals surface area (Å²) in [4.78, 5) is 22.0. The van der Waals surface area contributed by atoms with Gasteiger partial charge in [-0.1, -0.05) is 24.3 Å². The molecular formula is C24H30N6O3S3. The second-order valence-electron chi connectivity index (χ2n) is 9.03. The van der Waals surface area contributed by atoms with Gasteiger partial charge in [0.1, 0.15) is 9.22 Å². The molecule has 0 saturated carbocycles. The molecule has 2 unspecified atom stereocenters. The Morgan fingerprint density at radius 1 is 1.28 bits per heavy atom. The van der Waals surface area contributed by atoms with Gasteiger partial charge < -0.3 is 10.6 Å². The van der Waals surface area contributed by atoms with Gasteiger partial charge in [0.2, 0.25) is 5.91 Å². The van der Waals surface area contributed by atoms with E-state index < -0.39 is 10.0 Å². The van der Waals surface area contributed by atoms with Gasteiger partial charge in [0.15, 0.2) is 0 Å². The topological polar surface area (TPSA) is 97.9 Å². The third kappa shape index (κ3) is 5.20. The Morgan fingerprint density at radius 3 is 2.78 bits per heavy atom. The third-order valence-electron chi connectivity index (χ3n) is 6.74. The van der Waals surface area contributed by atoms with Gasteiger partial charge in [-0.3, -0.25) is 14.6 Å². The van der Waals surface area contributed by atoms with Crippen LogP contribution in [0.15, 0.2) is 57.8 Å². The number of carbonyl (C=O) groups excluding carboxylic acids is 1. The number of aromatic nitrogens is 1. The molecule has 0 radical (unpaired) electrons. The van der Waals surface area contributed by atoms with E-state index in [9.17, 15) is 13.2 Å². The molecule has 3 aliphatic rings. The van der Waals surface area contributed by atoms with E-state index in [-0.39, 0.29) is 18.0 Å². The summed E-state index contributed by atoms with van der Waals surface area (Å²) in [5, 5.41) is 8.90. The summed E-state index contributed by atoms with van der Waals surface area (Å²) in [6.45, 7) is 4.86. The van der Waals surface area contributed by atoms with Crippen molar-refractivity contribution in [3.8, 4) is 0 Å². The van der Waals surface area contributed by atoms with Crippen LogP contribution in [0.2, 0.25) is 0 Å². The van der Waals surface area contributed by atoms with E-state index in [4.69, 9.17) is 0 Å². The van der Waals surface area contributed by atoms with Crippen LogP contribution >= 0.6 is 22.7 Å². The molecule has 2 N–H and O–H groups in total. The zero-order valence-corrected chi connectivity index (χ0v) is 22.7. The van der Waals surface area contributed by atoms with E-state index in [1.165, 1.54) is 20.5 Å². The van der Waals surface area contributed by atoms with Crippen LogP contribution in [-0.4, -0.2) is 92.3 Å². The maximum Gasteiger partial charge on any atom is 0.252 e. The number of thiazole rings is 1. The fourth-order valence-electron chi connectivity index (χ4n) is 4.66. The molecular weight excluding hydrogens is 517 g/mol. The Bertz CT molecular complexity index is 1290. The minimum Gasteiger partial charge on any atom is -0.374 e. The highest BCUT2D eigenvalue weighted by molar-refractivity contribution is 7.91. The standard InChI is InChI=1S/C24H30N6O3S3/c1-25-21(31)16-30-10-8-29(9-11-30)15-18-14-26-24(35-18)19-13-17-5-3-6-20(23(17)27-19)28(2)36(32,33)22-7-4-12-34-22/h3-7,12-14,20,23,27H,8-11,15-16H2,1-2H3,(H,25,31). The molecule has 0 bridgehead atoms. The molecule has 1 saturated heterocycles. The molecule has 2 atom stereocenters. The quantitative estimate of drug-likeness (QED) is 0.519. The summed E-state index contributed by atoms with van der Waals surface area (Å²) in [5.74, 6) is 0.0522. The van der Waals surface area contributed by atoms with E-state index in [1.54, 1.807) is 42.9 Å². The predicted molar refractivity (Wildman–Crippen MR) is 143 cm³/mol. The fraction of sp³-hybridized carbons (Fsp3) is 0.417. The Morgan fingerprint density at radius 2 is 2.06 bits per heavy atom. The van der Waals surface area contributed by atoms with Crippen molar-refractivity contribution in [2.45, 2.75) is 22.8 Å². The number of hydrogen-bond acceptors (Lipinski definition) is 9. The van der Waals surface area contributed by atoms with Crippen molar-refractivity contribution in [2.24, 2.45) is 0 Å². The molecule has 5 rings (SSSR count). The molecule has 192 valence electrons. The Labute approximate surface area is 219 Å². The number of hydrogen-bond donors (Lipinski definition) is 2. The van der Waals surface area contributed by atoms with Crippen molar-refractivity contribution < 1.29 is 13.2 Å². The molecule has 0 spiro atoms. The molecule has 9 nitrogen and oxygen atoms in total. The summed E-state index contributed by atoms with van der Waals surface area (Å²) >= 11 is 2.89. The van der Waals surface area contributed by atoms with Crippen molar-refractivity contribution in [1.82, 2.24) is 29.7 Å². The van der Waals surface area contributed by atoms with Gasteiger partial charge in [0, 0.05) is 57.9 Å². The van der Waals surface area contributed by atoms with Crippen molar-refractivity contribution in [1.29, 1.82) is 0 Å². The van der Waals surface area contributed by atoms with Gasteiger partial charge in [0.05, 0.1) is 24.3 Å². The number of amides is 1. The first-order chi connectivity index (χ1) is 17.3. The second kappa shape index (κ2) is 10.6. The summed E-state index contributed by atoms with van der Waals surface area (Å²) in [5.41, 5.74) is 1.98. The first-order valence-corrected chi connectivity index (χ1v) is 15.0. The van der Waals surface area contributed by atoms with Crippen LogP contribution in [-0.2, 0) is 21.4 Å². The molecule has 36 heavy (non-hydrogen) atoms. The molecule has 12 heteroatoms. The number of piperazine rings is 1. The molecule has 4 heterocycles. The van der Waals surface area contributed by atoms with Crippen LogP contribution in [0.5, 0.6) is 0 Å². The molecule has 2 aromatic rings. The number of thiophene rings is 1. The van der Waals surface area contributed by atoms with Gasteiger partial charge in [-0.25, -0.2) is 13.4 Å². The van der Waals surface area contributed by atoms with Crippen molar-refractivity contribution in [3.63, 3.8) is 0 Å². The summed E-state index contributed by atoms with van der Waals surface area (Å²) in [7, 11) is -0.264. The lowest BCUT2D eigenvalue weighted by molar-refractivity contribution is -0.122. The normalized spacial score (nSPS) is 22.8. The maximum atomic E-state index is 13.1. The van der Waals surface area contributed by atoms with Crippen LogP contribution in [0.3, 0.4) is 0 Å². The second-order valence-corrected chi connectivity index (χ2v) is 13.3. The third-order valence-corrected chi connectivity index (χ3v) is 11.0. The zero-order chi connectivity index (χ0) is 25.3. The highest BCUT2D eigenvalue weighted by Gasteiger charge is 2.38. The van der Waals surface area contributed by atoms with Crippen LogP contribution in [0.25, 0.3) is 5.70 Å². The van der Waals surface area contributed by atoms with Gasteiger partial charge in [-0.15, -0.1) is 22.7 Å². The number of fused-ring (bicyclic) bond motifs is 1. The van der Waals surface area contributed by atoms with Gasteiger partial charge in [-0.2, -0.15) is 4.31 Å². The minimum atomic E-state index is -3.57. The van der Waals surface area contributed by atoms with E-state index in [0.29, 0.717) is 10.8 Å². The predicted octanol–water partition coefficient (Wildman–Crippen LogP) is 1.57. The monoisotopic (exact) mass is 546 g/mol. The maximum absolute atomic E-state index is 13.1. The lowest BCUT2D eigenvalue weighted by Crippen LogP contribution is -2.48. The SMILES string of the molecule is CNC(=O)CN1CCN(Cc2cnc(C3=CC4=CC=CC(N(C)S(=O)(=O)c5cccs5)C4N3)s2)CC1. The number of nitrogens with zero attached hydrogens (tertiary/aromatic N) is 4. The van der Waals surface area contributed by atoms with Crippen molar-refractivity contribution in [2.75, 3.05) is 46.8 Å². The Hall–Kier alpha value is -2.35. The van der Waals surface area contributed by atoms with Gasteiger partial charge in [0.25, 0.3) is 10.0 Å². The smallest absolute Gasteiger partial charge is 0.252 e. The van der Waals surface area contributed by atoms with E-state index in [2.05, 4.69) is 31.5 Å². The molecule has 2 aliphatic heterocycles. The number of allylic oxidation sites excluding steroid dienone is 2. The van der Waals surface area contributed by atoms with E-state index in [0.717, 1.165) is 49.0 Å². The highest BCUT2D eigenvalue weighted by atomic mass is 32.2. The minimum absolute atomic E-state index is 0.0522. The average molecular weight is 547 g/mol. The van der Waals surface area contributed by atoms with Crippen LogP contribution in [0.4, 0.5) is 0 Å². The lowest BCUT2D eigenvalue weighted by Gasteiger charge is -2.33. The number of nitrogens with one attached hydrogen (secondary N) is 2. The van der Waals surface area contributed by atoms with Crippen LogP contribution in [0, 0.1) is 0 Å². The Balaban J connectivity index is 1.21. The molecule has 0 aromatic carbocycles. The summed E-state index contributed by atoms with van der Waals surface area (Å²) in [6, 6.07) is 2.90. The van der Waals surface area contributed by atoms with Crippen molar-refractivity contribution in [3.05, 3.63) is 63.5 Å². The zero-order valence-electron chi connectivity index (χ0n) is 20.3. The fourth-order valence-corrected chi connectivity index (χ4v) is 8.09. The Kier molecular flexibility index (Phi) is 7.42. The first-order valence-electron chi connectivity index (χ1n) is 11.8. The van der Waals surface area contributed by atoms with E-state index in [1.807, 2.05) is 24.4 Å². The number of rotatable bonds is 8. The summed E-state index contributed by atoms with van der Waals surface area (Å²) < 4.78 is 28.0. The lowest BCUT2D eigenvalue weighted by atomic mass is 9.96. The van der Waals surface area contributed by atoms with Crippen LogP contribution < -0.4 is 10.6 Å². The molecule has 1 fully saturated rings. The average Bonchev–Trinajstić information content (AvgIpc) is 3.65. The largest absolute Gasteiger partial charge is 0.374 e. The van der Waals surface area contributed by atoms with Gasteiger partial charge in [-0.05, 0) is 23.1 Å². The number of likely N-dealkylation sites (N-methyl/N-ethyl adjacent to an activating group) is 2. The number of sulfonamides is 1. The molecule has 1 amide bonds. The highest BCUT2D eigenvalue weighted by Crippen LogP contribution is 2.34. The van der Waals surface area contributed by atoms with E-state index >= 15 is 0 Å². The van der Waals surface area contributed by atoms with Gasteiger partial charge >= 0.3 is 0 Å². The molecule has 2 aromatic heterocycles. The number of carbonyl (C=O) groups is 1. The molecule has 1 aliphatic carbocycles. The first kappa shape index (κ1) is 25.3. The van der Waals surface area contributed by atoms with Crippen molar-refractivity contribution >= 4 is 44.3 Å². The summed E-state index contributed by atoms with van der Waals surface area (Å²) in [6.07, 6.45) is 9.89.